The molecule has 0 unspecified atom stereocenters. The van der Waals surface area contributed by atoms with E-state index in [9.17, 15) is 0 Å². The molecule has 0 saturated carbocycles. The molecule has 0 fully saturated rings. The van der Waals surface area contributed by atoms with Crippen molar-refractivity contribution in [2.24, 2.45) is 5.73 Å². The van der Waals surface area contributed by atoms with Crippen molar-refractivity contribution in [1.29, 1.82) is 0 Å². The Bertz CT molecular complexity index is 282. The number of unbranched alkanes of at least 4 members (excludes halogenated alkanes) is 1. The summed E-state index contributed by atoms with van der Waals surface area (Å²) in [6.45, 7) is 2.40. The van der Waals surface area contributed by atoms with Gasteiger partial charge in [0.05, 0.1) is 0 Å². The Morgan fingerprint density at radius 1 is 1.13 bits per heavy atom. The molecular weight excluding hydrogens is 231 g/mol. The number of rotatable bonds is 6. The molecule has 1 rings (SSSR count). The van der Waals surface area contributed by atoms with E-state index in [4.69, 9.17) is 28.9 Å². The summed E-state index contributed by atoms with van der Waals surface area (Å²) in [6.07, 6.45) is 2.13. The first kappa shape index (κ1) is 12.8. The van der Waals surface area contributed by atoms with Crippen LogP contribution in [0.15, 0.2) is 18.2 Å². The van der Waals surface area contributed by atoms with Crippen LogP contribution in [0.3, 0.4) is 0 Å². The number of halogens is 2. The summed E-state index contributed by atoms with van der Waals surface area (Å²) in [5.74, 6) is 0. The topological polar surface area (TPSA) is 38.0 Å². The van der Waals surface area contributed by atoms with Crippen molar-refractivity contribution >= 4 is 23.2 Å². The van der Waals surface area contributed by atoms with Crippen molar-refractivity contribution in [2.75, 3.05) is 13.1 Å². The van der Waals surface area contributed by atoms with Crippen LogP contribution in [0, 0.1) is 0 Å². The molecule has 0 aliphatic rings. The van der Waals surface area contributed by atoms with Crippen LogP contribution in [-0.2, 0) is 6.54 Å². The fourth-order valence-electron chi connectivity index (χ4n) is 1.31. The van der Waals surface area contributed by atoms with Gasteiger partial charge in [-0.25, -0.2) is 0 Å². The van der Waals surface area contributed by atoms with Gasteiger partial charge in [-0.3, -0.25) is 0 Å². The minimum absolute atomic E-state index is 0.711. The molecule has 15 heavy (non-hydrogen) atoms. The zero-order chi connectivity index (χ0) is 11.1. The van der Waals surface area contributed by atoms with Gasteiger partial charge in [0.15, 0.2) is 0 Å². The van der Waals surface area contributed by atoms with Crippen LogP contribution in [0.2, 0.25) is 10.0 Å². The van der Waals surface area contributed by atoms with Crippen molar-refractivity contribution in [3.05, 3.63) is 33.8 Å². The lowest BCUT2D eigenvalue weighted by Gasteiger charge is -2.08. The number of nitrogens with two attached hydrogens (primary N) is 1. The Hall–Kier alpha value is -0.280. The molecule has 0 aliphatic heterocycles. The first-order valence-electron chi connectivity index (χ1n) is 5.09. The van der Waals surface area contributed by atoms with E-state index < -0.39 is 0 Å². The number of hydrogen-bond donors (Lipinski definition) is 2. The monoisotopic (exact) mass is 246 g/mol. The van der Waals surface area contributed by atoms with Crippen LogP contribution in [0.25, 0.3) is 0 Å². The fraction of sp³-hybridized carbons (Fsp3) is 0.455. The van der Waals surface area contributed by atoms with Crippen molar-refractivity contribution in [3.63, 3.8) is 0 Å². The van der Waals surface area contributed by atoms with Crippen molar-refractivity contribution in [3.8, 4) is 0 Å². The standard InChI is InChI=1S/C11H16Cl2N2/c12-10-4-3-5-11(13)9(10)8-15-7-2-1-6-14/h3-5,15H,1-2,6-8,14H2. The van der Waals surface area contributed by atoms with E-state index in [1.807, 2.05) is 18.2 Å². The van der Waals surface area contributed by atoms with E-state index in [1.165, 1.54) is 0 Å². The highest BCUT2D eigenvalue weighted by molar-refractivity contribution is 6.35. The highest BCUT2D eigenvalue weighted by atomic mass is 35.5. The molecular formula is C11H16Cl2N2. The predicted octanol–water partition coefficient (Wildman–Crippen LogP) is 2.82. The van der Waals surface area contributed by atoms with Crippen LogP contribution in [-0.4, -0.2) is 13.1 Å². The summed E-state index contributed by atoms with van der Waals surface area (Å²) < 4.78 is 0. The first-order valence-corrected chi connectivity index (χ1v) is 5.85. The van der Waals surface area contributed by atoms with Crippen LogP contribution in [0.1, 0.15) is 18.4 Å². The molecule has 0 spiro atoms. The zero-order valence-corrected chi connectivity index (χ0v) is 10.1. The van der Waals surface area contributed by atoms with Gasteiger partial charge in [0, 0.05) is 22.2 Å². The summed E-state index contributed by atoms with van der Waals surface area (Å²) in [6, 6.07) is 5.55. The highest BCUT2D eigenvalue weighted by Crippen LogP contribution is 2.23. The van der Waals surface area contributed by atoms with Crippen LogP contribution in [0.4, 0.5) is 0 Å². The lowest BCUT2D eigenvalue weighted by molar-refractivity contribution is 0.627. The minimum Gasteiger partial charge on any atom is -0.330 e. The van der Waals surface area contributed by atoms with Crippen LogP contribution in [0.5, 0.6) is 0 Å². The molecule has 84 valence electrons. The second-order valence-corrected chi connectivity index (χ2v) is 4.19. The molecule has 1 aromatic carbocycles. The van der Waals surface area contributed by atoms with Gasteiger partial charge in [-0.2, -0.15) is 0 Å². The smallest absolute Gasteiger partial charge is 0.0465 e. The third kappa shape index (κ3) is 4.39. The number of nitrogens with one attached hydrogen (secondary N) is 1. The van der Waals surface area contributed by atoms with Gasteiger partial charge in [0.1, 0.15) is 0 Å². The Balaban J connectivity index is 2.37. The Morgan fingerprint density at radius 3 is 2.40 bits per heavy atom. The summed E-state index contributed by atoms with van der Waals surface area (Å²) in [7, 11) is 0. The lowest BCUT2D eigenvalue weighted by Crippen LogP contribution is -2.16. The fourth-order valence-corrected chi connectivity index (χ4v) is 1.84. The molecule has 0 aliphatic carbocycles. The SMILES string of the molecule is NCCCCNCc1c(Cl)cccc1Cl. The Morgan fingerprint density at radius 2 is 1.80 bits per heavy atom. The summed E-state index contributed by atoms with van der Waals surface area (Å²) in [5.41, 5.74) is 6.37. The predicted molar refractivity (Wildman–Crippen MR) is 66.5 cm³/mol. The van der Waals surface area contributed by atoms with Crippen molar-refractivity contribution in [1.82, 2.24) is 5.32 Å². The van der Waals surface area contributed by atoms with Crippen molar-refractivity contribution < 1.29 is 0 Å². The molecule has 0 amide bonds. The summed E-state index contributed by atoms with van der Waals surface area (Å²) >= 11 is 12.1. The third-order valence-electron chi connectivity index (χ3n) is 2.17. The number of benzene rings is 1. The molecule has 0 bridgehead atoms. The summed E-state index contributed by atoms with van der Waals surface area (Å²) in [4.78, 5) is 0. The Kier molecular flexibility index (Phi) is 6.03. The van der Waals surface area contributed by atoms with Crippen molar-refractivity contribution in [2.45, 2.75) is 19.4 Å². The lowest BCUT2D eigenvalue weighted by atomic mass is 10.2. The molecule has 0 saturated heterocycles. The maximum atomic E-state index is 6.03. The molecule has 0 heterocycles. The van der Waals surface area contributed by atoms with Gasteiger partial charge >= 0.3 is 0 Å². The molecule has 1 aromatic rings. The van der Waals surface area contributed by atoms with Gasteiger partial charge in [-0.05, 0) is 38.1 Å². The summed E-state index contributed by atoms with van der Waals surface area (Å²) in [5, 5.41) is 4.73. The highest BCUT2D eigenvalue weighted by Gasteiger charge is 2.03. The normalized spacial score (nSPS) is 10.6. The van der Waals surface area contributed by atoms with Gasteiger partial charge in [0.25, 0.3) is 0 Å². The first-order chi connectivity index (χ1) is 7.25. The second kappa shape index (κ2) is 7.07. The zero-order valence-electron chi connectivity index (χ0n) is 8.60. The van der Waals surface area contributed by atoms with E-state index in [1.54, 1.807) is 0 Å². The quantitative estimate of drug-likeness (QED) is 0.758. The van der Waals surface area contributed by atoms with E-state index in [2.05, 4.69) is 5.32 Å². The second-order valence-electron chi connectivity index (χ2n) is 3.37. The van der Waals surface area contributed by atoms with E-state index in [0.29, 0.717) is 16.6 Å². The van der Waals surface area contributed by atoms with E-state index in [-0.39, 0.29) is 0 Å². The van der Waals surface area contributed by atoms with Gasteiger partial charge < -0.3 is 11.1 Å². The maximum Gasteiger partial charge on any atom is 0.0465 e. The van der Waals surface area contributed by atoms with Crippen LogP contribution >= 0.6 is 23.2 Å². The Labute approximate surface area is 101 Å². The molecule has 2 nitrogen and oxygen atoms in total. The molecule has 3 N–H and O–H groups in total. The number of hydrogen-bond acceptors (Lipinski definition) is 2. The largest absolute Gasteiger partial charge is 0.330 e. The molecule has 0 atom stereocenters. The van der Waals surface area contributed by atoms with Gasteiger partial charge in [-0.1, -0.05) is 29.3 Å². The van der Waals surface area contributed by atoms with Crippen LogP contribution < -0.4 is 11.1 Å². The average Bonchev–Trinajstić information content (AvgIpc) is 2.21. The van der Waals surface area contributed by atoms with E-state index >= 15 is 0 Å². The minimum atomic E-state index is 0.711. The van der Waals surface area contributed by atoms with Gasteiger partial charge in [-0.15, -0.1) is 0 Å². The van der Waals surface area contributed by atoms with E-state index in [0.717, 1.165) is 31.5 Å². The van der Waals surface area contributed by atoms with Gasteiger partial charge in [0.2, 0.25) is 0 Å². The maximum absolute atomic E-state index is 6.03. The molecule has 0 aromatic heterocycles. The average molecular weight is 247 g/mol. The molecule has 0 radical (unpaired) electrons. The third-order valence-corrected chi connectivity index (χ3v) is 2.88. The molecule has 4 heteroatoms.